The number of carbonyl (C=O) groups excluding carboxylic acids is 1. The summed E-state index contributed by atoms with van der Waals surface area (Å²) in [6.07, 6.45) is -0.748. The maximum absolute atomic E-state index is 10.5. The number of carbonyl (C=O) groups is 1. The molecule has 4 nitrogen and oxygen atoms in total. The molecule has 58 valence electrons. The molecule has 0 heterocycles. The SMILES string of the molecule is NC(=O)[C@H]1CC[C@H](O)[C@H]1O. The number of aliphatic hydroxyl groups is 2. The van der Waals surface area contributed by atoms with Gasteiger partial charge in [-0.1, -0.05) is 0 Å². The molecule has 0 radical (unpaired) electrons. The van der Waals surface area contributed by atoms with Crippen molar-refractivity contribution in [3.8, 4) is 0 Å². The molecule has 1 aliphatic rings. The topological polar surface area (TPSA) is 83.6 Å². The number of hydrogen-bond donors (Lipinski definition) is 3. The van der Waals surface area contributed by atoms with Crippen LogP contribution in [0, 0.1) is 5.92 Å². The lowest BCUT2D eigenvalue weighted by Crippen LogP contribution is -2.34. The molecule has 0 saturated heterocycles. The van der Waals surface area contributed by atoms with Gasteiger partial charge in [0, 0.05) is 0 Å². The Morgan fingerprint density at radius 1 is 1.40 bits per heavy atom. The minimum Gasteiger partial charge on any atom is -0.390 e. The molecule has 1 rings (SSSR count). The molecule has 1 aliphatic carbocycles. The minimum absolute atomic E-state index is 0.467. The maximum atomic E-state index is 10.5. The van der Waals surface area contributed by atoms with Gasteiger partial charge in [0.25, 0.3) is 0 Å². The van der Waals surface area contributed by atoms with E-state index in [1.165, 1.54) is 0 Å². The third-order valence-electron chi connectivity index (χ3n) is 1.95. The second-order valence-corrected chi connectivity index (χ2v) is 2.64. The van der Waals surface area contributed by atoms with Gasteiger partial charge in [-0.25, -0.2) is 0 Å². The third-order valence-corrected chi connectivity index (χ3v) is 1.95. The molecule has 0 aromatic carbocycles. The summed E-state index contributed by atoms with van der Waals surface area (Å²) in [5.74, 6) is -1.07. The van der Waals surface area contributed by atoms with Gasteiger partial charge in [0.2, 0.25) is 5.91 Å². The largest absolute Gasteiger partial charge is 0.390 e. The number of rotatable bonds is 1. The summed E-state index contributed by atoms with van der Waals surface area (Å²) >= 11 is 0. The molecule has 0 aliphatic heterocycles. The average Bonchev–Trinajstić information content (AvgIpc) is 2.14. The molecule has 1 saturated carbocycles. The fourth-order valence-electron chi connectivity index (χ4n) is 1.27. The summed E-state index contributed by atoms with van der Waals surface area (Å²) < 4.78 is 0. The maximum Gasteiger partial charge on any atom is 0.223 e. The number of amides is 1. The van der Waals surface area contributed by atoms with E-state index in [2.05, 4.69) is 0 Å². The molecule has 0 bridgehead atoms. The highest BCUT2D eigenvalue weighted by Gasteiger charge is 2.36. The van der Waals surface area contributed by atoms with Crippen LogP contribution in [-0.4, -0.2) is 28.3 Å². The van der Waals surface area contributed by atoms with Crippen LogP contribution in [0.4, 0.5) is 0 Å². The number of primary amides is 1. The lowest BCUT2D eigenvalue weighted by molar-refractivity contribution is -0.125. The van der Waals surface area contributed by atoms with Crippen molar-refractivity contribution in [1.29, 1.82) is 0 Å². The quantitative estimate of drug-likeness (QED) is 0.424. The third kappa shape index (κ3) is 1.12. The highest BCUT2D eigenvalue weighted by atomic mass is 16.3. The van der Waals surface area contributed by atoms with Crippen LogP contribution >= 0.6 is 0 Å². The molecule has 4 heteroatoms. The second kappa shape index (κ2) is 2.56. The van der Waals surface area contributed by atoms with E-state index < -0.39 is 24.0 Å². The van der Waals surface area contributed by atoms with E-state index in [0.717, 1.165) is 0 Å². The van der Waals surface area contributed by atoms with Crippen molar-refractivity contribution >= 4 is 5.91 Å². The smallest absolute Gasteiger partial charge is 0.223 e. The van der Waals surface area contributed by atoms with E-state index in [0.29, 0.717) is 12.8 Å². The van der Waals surface area contributed by atoms with Crippen LogP contribution in [0.3, 0.4) is 0 Å². The van der Waals surface area contributed by atoms with E-state index in [1.54, 1.807) is 0 Å². The monoisotopic (exact) mass is 145 g/mol. The van der Waals surface area contributed by atoms with Crippen LogP contribution in [0.15, 0.2) is 0 Å². The van der Waals surface area contributed by atoms with Gasteiger partial charge in [0.1, 0.15) is 0 Å². The molecular formula is C6H11NO3. The van der Waals surface area contributed by atoms with Crippen molar-refractivity contribution in [2.45, 2.75) is 25.0 Å². The van der Waals surface area contributed by atoms with Gasteiger partial charge in [-0.2, -0.15) is 0 Å². The van der Waals surface area contributed by atoms with Crippen LogP contribution in [0.25, 0.3) is 0 Å². The summed E-state index contributed by atoms with van der Waals surface area (Å²) in [5, 5.41) is 18.0. The summed E-state index contributed by atoms with van der Waals surface area (Å²) in [4.78, 5) is 10.5. The van der Waals surface area contributed by atoms with Crippen molar-refractivity contribution in [3.05, 3.63) is 0 Å². The van der Waals surface area contributed by atoms with Crippen molar-refractivity contribution in [1.82, 2.24) is 0 Å². The van der Waals surface area contributed by atoms with E-state index in [-0.39, 0.29) is 0 Å². The summed E-state index contributed by atoms with van der Waals surface area (Å²) in [7, 11) is 0. The van der Waals surface area contributed by atoms with Gasteiger partial charge in [-0.3, -0.25) is 4.79 Å². The number of hydrogen-bond acceptors (Lipinski definition) is 3. The zero-order valence-corrected chi connectivity index (χ0v) is 5.53. The highest BCUT2D eigenvalue weighted by molar-refractivity contribution is 5.77. The van der Waals surface area contributed by atoms with Crippen LogP contribution in [0.5, 0.6) is 0 Å². The van der Waals surface area contributed by atoms with Gasteiger partial charge in [-0.05, 0) is 12.8 Å². The van der Waals surface area contributed by atoms with Gasteiger partial charge in [-0.15, -0.1) is 0 Å². The Morgan fingerprint density at radius 2 is 2.00 bits per heavy atom. The fraction of sp³-hybridized carbons (Fsp3) is 0.833. The van der Waals surface area contributed by atoms with E-state index in [4.69, 9.17) is 15.9 Å². The molecular weight excluding hydrogens is 134 g/mol. The molecule has 0 aromatic rings. The minimum atomic E-state index is -0.947. The van der Waals surface area contributed by atoms with Crippen LogP contribution < -0.4 is 5.73 Å². The Bertz CT molecular complexity index is 148. The standard InChI is InChI=1S/C6H11NO3/c7-6(10)3-1-2-4(8)5(3)9/h3-5,8-9H,1-2H2,(H2,7,10)/t3-,4-,5-/m0/s1. The summed E-state index contributed by atoms with van der Waals surface area (Å²) in [6, 6.07) is 0. The van der Waals surface area contributed by atoms with Crippen LogP contribution in [-0.2, 0) is 4.79 Å². The Kier molecular flexibility index (Phi) is 1.92. The van der Waals surface area contributed by atoms with Crippen molar-refractivity contribution in [2.24, 2.45) is 11.7 Å². The van der Waals surface area contributed by atoms with Gasteiger partial charge in [0.15, 0.2) is 0 Å². The van der Waals surface area contributed by atoms with Crippen LogP contribution in [0.2, 0.25) is 0 Å². The first kappa shape index (κ1) is 7.50. The predicted octanol–water partition coefficient (Wildman–Crippen LogP) is -1.40. The first-order valence-corrected chi connectivity index (χ1v) is 3.28. The van der Waals surface area contributed by atoms with Crippen molar-refractivity contribution in [3.63, 3.8) is 0 Å². The van der Waals surface area contributed by atoms with Crippen molar-refractivity contribution in [2.75, 3.05) is 0 Å². The Morgan fingerprint density at radius 3 is 2.20 bits per heavy atom. The lowest BCUT2D eigenvalue weighted by Gasteiger charge is -2.11. The average molecular weight is 145 g/mol. The molecule has 1 fully saturated rings. The summed E-state index contributed by atoms with van der Waals surface area (Å²) in [6.45, 7) is 0. The van der Waals surface area contributed by atoms with Gasteiger partial charge < -0.3 is 15.9 Å². The lowest BCUT2D eigenvalue weighted by atomic mass is 10.1. The molecule has 0 unspecified atom stereocenters. The molecule has 1 amide bonds. The molecule has 4 N–H and O–H groups in total. The first-order chi connectivity index (χ1) is 4.63. The Hall–Kier alpha value is -0.610. The van der Waals surface area contributed by atoms with E-state index in [9.17, 15) is 4.79 Å². The normalized spacial score (nSPS) is 40.0. The first-order valence-electron chi connectivity index (χ1n) is 3.28. The Balaban J connectivity index is 2.57. The highest BCUT2D eigenvalue weighted by Crippen LogP contribution is 2.25. The molecule has 0 spiro atoms. The zero-order valence-electron chi connectivity index (χ0n) is 5.53. The van der Waals surface area contributed by atoms with E-state index >= 15 is 0 Å². The van der Waals surface area contributed by atoms with Crippen LogP contribution in [0.1, 0.15) is 12.8 Å². The Labute approximate surface area is 58.6 Å². The predicted molar refractivity (Wildman–Crippen MR) is 33.9 cm³/mol. The zero-order chi connectivity index (χ0) is 7.72. The molecule has 3 atom stereocenters. The molecule has 0 aromatic heterocycles. The number of aliphatic hydroxyl groups excluding tert-OH is 2. The summed E-state index contributed by atoms with van der Waals surface area (Å²) in [5.41, 5.74) is 4.94. The number of nitrogens with two attached hydrogens (primary N) is 1. The second-order valence-electron chi connectivity index (χ2n) is 2.64. The van der Waals surface area contributed by atoms with Crippen molar-refractivity contribution < 1.29 is 15.0 Å². The fourth-order valence-corrected chi connectivity index (χ4v) is 1.27. The van der Waals surface area contributed by atoms with Gasteiger partial charge in [0.05, 0.1) is 18.1 Å². The van der Waals surface area contributed by atoms with E-state index in [1.807, 2.05) is 0 Å². The van der Waals surface area contributed by atoms with Gasteiger partial charge >= 0.3 is 0 Å². The molecule has 10 heavy (non-hydrogen) atoms.